The van der Waals surface area contributed by atoms with Gasteiger partial charge in [0.05, 0.1) is 12.7 Å². The highest BCUT2D eigenvalue weighted by molar-refractivity contribution is 7.99. The number of piperazine rings is 1. The Balaban J connectivity index is 1.53. The number of aliphatic hydroxyl groups excluding tert-OH is 2. The molecule has 2 unspecified atom stereocenters. The van der Waals surface area contributed by atoms with Crippen LogP contribution in [-0.4, -0.2) is 77.1 Å². The molecule has 0 amide bonds. The van der Waals surface area contributed by atoms with E-state index in [1.165, 1.54) is 0 Å². The molecule has 2 aromatic carbocycles. The second-order valence-corrected chi connectivity index (χ2v) is 9.24. The molecule has 1 saturated heterocycles. The Morgan fingerprint density at radius 1 is 0.966 bits per heavy atom. The second kappa shape index (κ2) is 8.94. The van der Waals surface area contributed by atoms with Crippen LogP contribution >= 0.6 is 23.4 Å². The first-order chi connectivity index (χ1) is 14.0. The maximum absolute atomic E-state index is 11.8. The Hall–Kier alpha value is -1.12. The van der Waals surface area contributed by atoms with Gasteiger partial charge in [-0.15, -0.1) is 0 Å². The topological polar surface area (TPSA) is 67.2 Å². The first kappa shape index (κ1) is 21.1. The number of hydrogen-bond acceptors (Lipinski definition) is 6. The fourth-order valence-electron chi connectivity index (χ4n) is 4.27. The van der Waals surface area contributed by atoms with E-state index in [0.717, 1.165) is 41.5 Å². The molecule has 29 heavy (non-hydrogen) atoms. The van der Waals surface area contributed by atoms with E-state index in [9.17, 15) is 10.2 Å². The van der Waals surface area contributed by atoms with Crippen molar-refractivity contribution in [3.8, 4) is 0 Å². The molecule has 2 heterocycles. The summed E-state index contributed by atoms with van der Waals surface area (Å²) in [6.45, 7) is 5.24. The van der Waals surface area contributed by atoms with Gasteiger partial charge in [-0.2, -0.15) is 0 Å². The van der Waals surface area contributed by atoms with Gasteiger partial charge >= 0.3 is 0 Å². The van der Waals surface area contributed by atoms with Gasteiger partial charge in [-0.25, -0.2) is 0 Å². The summed E-state index contributed by atoms with van der Waals surface area (Å²) >= 11 is 7.84. The quantitative estimate of drug-likeness (QED) is 0.648. The highest BCUT2D eigenvalue weighted by atomic mass is 35.5. The maximum atomic E-state index is 11.8. The van der Waals surface area contributed by atoms with Crippen molar-refractivity contribution in [2.75, 3.05) is 45.9 Å². The zero-order chi connectivity index (χ0) is 20.4. The number of hydrogen-bond donors (Lipinski definition) is 3. The zero-order valence-electron chi connectivity index (χ0n) is 16.3. The van der Waals surface area contributed by atoms with Crippen LogP contribution in [0, 0.1) is 0 Å². The van der Waals surface area contributed by atoms with Gasteiger partial charge in [0.25, 0.3) is 0 Å². The molecule has 2 aliphatic heterocycles. The summed E-state index contributed by atoms with van der Waals surface area (Å²) in [5.41, 5.74) is -0.0742. The summed E-state index contributed by atoms with van der Waals surface area (Å²) in [4.78, 5) is 6.43. The largest absolute Gasteiger partial charge is 0.395 e. The van der Waals surface area contributed by atoms with Crippen molar-refractivity contribution in [1.29, 1.82) is 0 Å². The average Bonchev–Trinajstić information content (AvgIpc) is 2.74. The van der Waals surface area contributed by atoms with E-state index in [1.807, 2.05) is 36.4 Å². The van der Waals surface area contributed by atoms with Crippen LogP contribution < -0.4 is 0 Å². The monoisotopic (exact) mass is 434 g/mol. The molecule has 0 spiro atoms. The zero-order valence-corrected chi connectivity index (χ0v) is 17.9. The highest BCUT2D eigenvalue weighted by Crippen LogP contribution is 2.50. The molecular weight excluding hydrogens is 408 g/mol. The Morgan fingerprint density at radius 2 is 1.62 bits per heavy atom. The SMILES string of the molecule is OCCN1CCN(CCC(O)C2(O)c3ccccc3Sc3ccc(Cl)cc32)CC1. The van der Waals surface area contributed by atoms with E-state index in [4.69, 9.17) is 16.7 Å². The van der Waals surface area contributed by atoms with E-state index in [0.29, 0.717) is 30.1 Å². The molecule has 4 rings (SSSR count). The molecule has 2 atom stereocenters. The Bertz CT molecular complexity index is 860. The van der Waals surface area contributed by atoms with Gasteiger partial charge in [-0.05, 0) is 30.7 Å². The molecular formula is C22H27ClN2O3S. The van der Waals surface area contributed by atoms with E-state index in [1.54, 1.807) is 17.8 Å². The first-order valence-electron chi connectivity index (χ1n) is 10.1. The minimum atomic E-state index is -1.49. The van der Waals surface area contributed by atoms with Gasteiger partial charge in [0.1, 0.15) is 5.60 Å². The standard InChI is InChI=1S/C22H27ClN2O3S/c23-16-5-6-20-18(15-16)22(28,17-3-1-2-4-19(17)29-20)21(27)7-8-24-9-11-25(12-10-24)13-14-26/h1-6,15,21,26-28H,7-14H2. The van der Waals surface area contributed by atoms with Gasteiger partial charge in [-0.3, -0.25) is 4.90 Å². The van der Waals surface area contributed by atoms with Crippen molar-refractivity contribution >= 4 is 23.4 Å². The van der Waals surface area contributed by atoms with Crippen LogP contribution in [0.4, 0.5) is 0 Å². The number of halogens is 1. The van der Waals surface area contributed by atoms with E-state index < -0.39 is 11.7 Å². The molecule has 5 nitrogen and oxygen atoms in total. The molecule has 1 fully saturated rings. The summed E-state index contributed by atoms with van der Waals surface area (Å²) in [6.07, 6.45) is -0.487. The summed E-state index contributed by atoms with van der Waals surface area (Å²) in [5, 5.41) is 32.7. The van der Waals surface area contributed by atoms with Crippen molar-refractivity contribution in [2.45, 2.75) is 27.9 Å². The van der Waals surface area contributed by atoms with Gasteiger partial charge in [0, 0.05) is 65.2 Å². The smallest absolute Gasteiger partial charge is 0.143 e. The molecule has 2 aliphatic rings. The molecule has 7 heteroatoms. The molecule has 0 radical (unpaired) electrons. The van der Waals surface area contributed by atoms with E-state index in [-0.39, 0.29) is 6.61 Å². The van der Waals surface area contributed by atoms with Crippen LogP contribution in [0.25, 0.3) is 0 Å². The lowest BCUT2D eigenvalue weighted by Gasteiger charge is -2.41. The molecule has 0 saturated carbocycles. The average molecular weight is 435 g/mol. The Morgan fingerprint density at radius 3 is 2.34 bits per heavy atom. The van der Waals surface area contributed by atoms with Crippen LogP contribution in [0.2, 0.25) is 5.02 Å². The fourth-order valence-corrected chi connectivity index (χ4v) is 5.62. The van der Waals surface area contributed by atoms with Crippen molar-refractivity contribution in [2.24, 2.45) is 0 Å². The summed E-state index contributed by atoms with van der Waals surface area (Å²) in [6, 6.07) is 13.2. The van der Waals surface area contributed by atoms with Crippen molar-refractivity contribution in [3.05, 3.63) is 58.6 Å². The normalized spacial score (nSPS) is 23.4. The lowest BCUT2D eigenvalue weighted by Crippen LogP contribution is -2.49. The minimum absolute atomic E-state index is 0.186. The van der Waals surface area contributed by atoms with Crippen LogP contribution in [0.5, 0.6) is 0 Å². The fraction of sp³-hybridized carbons (Fsp3) is 0.455. The summed E-state index contributed by atoms with van der Waals surface area (Å²) < 4.78 is 0. The number of aliphatic hydroxyl groups is 3. The molecule has 0 aromatic heterocycles. The summed E-state index contributed by atoms with van der Waals surface area (Å²) in [5.74, 6) is 0. The summed E-state index contributed by atoms with van der Waals surface area (Å²) in [7, 11) is 0. The minimum Gasteiger partial charge on any atom is -0.395 e. The van der Waals surface area contributed by atoms with Crippen LogP contribution in [-0.2, 0) is 5.60 Å². The Labute approximate surface area is 180 Å². The van der Waals surface area contributed by atoms with Crippen molar-refractivity contribution < 1.29 is 15.3 Å². The molecule has 2 aromatic rings. The number of rotatable bonds is 6. The van der Waals surface area contributed by atoms with Gasteiger partial charge in [0.15, 0.2) is 0 Å². The number of fused-ring (bicyclic) bond motifs is 2. The maximum Gasteiger partial charge on any atom is 0.143 e. The van der Waals surface area contributed by atoms with Crippen LogP contribution in [0.15, 0.2) is 52.3 Å². The Kier molecular flexibility index (Phi) is 6.51. The molecule has 156 valence electrons. The third-order valence-corrected chi connectivity index (χ3v) is 7.34. The molecule has 0 bridgehead atoms. The predicted octanol–water partition coefficient (Wildman–Crippen LogP) is 2.40. The lowest BCUT2D eigenvalue weighted by molar-refractivity contribution is -0.0616. The molecule has 0 aliphatic carbocycles. The second-order valence-electron chi connectivity index (χ2n) is 7.72. The van der Waals surface area contributed by atoms with Crippen LogP contribution in [0.3, 0.4) is 0 Å². The van der Waals surface area contributed by atoms with Crippen LogP contribution in [0.1, 0.15) is 17.5 Å². The van der Waals surface area contributed by atoms with Crippen molar-refractivity contribution in [3.63, 3.8) is 0 Å². The third-order valence-electron chi connectivity index (χ3n) is 5.95. The predicted molar refractivity (Wildman–Crippen MR) is 116 cm³/mol. The number of β-amino-alcohol motifs (C(OH)–C–C–N with tert-alkyl or cyclic N) is 1. The van der Waals surface area contributed by atoms with E-state index >= 15 is 0 Å². The number of benzene rings is 2. The third kappa shape index (κ3) is 4.21. The van der Waals surface area contributed by atoms with Gasteiger partial charge in [0.2, 0.25) is 0 Å². The van der Waals surface area contributed by atoms with Gasteiger partial charge < -0.3 is 20.2 Å². The van der Waals surface area contributed by atoms with Crippen molar-refractivity contribution in [1.82, 2.24) is 9.80 Å². The first-order valence-corrected chi connectivity index (χ1v) is 11.2. The van der Waals surface area contributed by atoms with E-state index in [2.05, 4.69) is 9.80 Å². The van der Waals surface area contributed by atoms with Gasteiger partial charge in [-0.1, -0.05) is 41.6 Å². The lowest BCUT2D eigenvalue weighted by atomic mass is 9.80. The molecule has 3 N–H and O–H groups in total. The highest BCUT2D eigenvalue weighted by Gasteiger charge is 2.45. The number of nitrogens with zero attached hydrogens (tertiary/aromatic N) is 2.